The number of rotatable bonds is 9. The van der Waals surface area contributed by atoms with Crippen molar-refractivity contribution in [3.8, 4) is 11.5 Å². The van der Waals surface area contributed by atoms with Crippen LogP contribution in [0.1, 0.15) is 19.4 Å². The number of hydrogen-bond acceptors (Lipinski definition) is 7. The first-order chi connectivity index (χ1) is 14.3. The zero-order chi connectivity index (χ0) is 22.1. The Morgan fingerprint density at radius 3 is 2.47 bits per heavy atom. The first kappa shape index (κ1) is 22.4. The molecule has 2 aromatic carbocycles. The topological polar surface area (TPSA) is 117 Å². The number of esters is 1. The minimum absolute atomic E-state index is 0.0983. The number of allylic oxidation sites excluding steroid dienone is 1. The predicted molar refractivity (Wildman–Crippen MR) is 110 cm³/mol. The Morgan fingerprint density at radius 1 is 1.17 bits per heavy atom. The molecule has 9 heteroatoms. The zero-order valence-corrected chi connectivity index (χ0v) is 16.8. The first-order valence-corrected chi connectivity index (χ1v) is 9.02. The van der Waals surface area contributed by atoms with E-state index in [1.54, 1.807) is 12.1 Å². The van der Waals surface area contributed by atoms with E-state index in [-0.39, 0.29) is 5.69 Å². The maximum atomic E-state index is 12.2. The second-order valence-corrected chi connectivity index (χ2v) is 6.12. The van der Waals surface area contributed by atoms with Gasteiger partial charge in [0.15, 0.2) is 24.2 Å². The summed E-state index contributed by atoms with van der Waals surface area (Å²) in [5.74, 6) is -0.487. The maximum absolute atomic E-state index is 12.2. The number of nitro groups is 1. The van der Waals surface area contributed by atoms with E-state index in [1.807, 2.05) is 25.1 Å². The highest BCUT2D eigenvalue weighted by Gasteiger charge is 2.19. The number of carbonyl (C=O) groups is 2. The van der Waals surface area contributed by atoms with Crippen LogP contribution >= 0.6 is 0 Å². The van der Waals surface area contributed by atoms with E-state index < -0.39 is 29.5 Å². The largest absolute Gasteiger partial charge is 0.493 e. The summed E-state index contributed by atoms with van der Waals surface area (Å²) in [7, 11) is 1.49. The Hall–Kier alpha value is -3.88. The molecule has 1 unspecified atom stereocenters. The molecule has 0 saturated carbocycles. The lowest BCUT2D eigenvalue weighted by Gasteiger charge is -2.15. The molecule has 0 aliphatic heterocycles. The van der Waals surface area contributed by atoms with Crippen LogP contribution in [0.3, 0.4) is 0 Å². The van der Waals surface area contributed by atoms with Crippen LogP contribution < -0.4 is 14.8 Å². The summed E-state index contributed by atoms with van der Waals surface area (Å²) in [5, 5.41) is 13.2. The van der Waals surface area contributed by atoms with Crippen molar-refractivity contribution in [2.75, 3.05) is 19.0 Å². The molecule has 158 valence electrons. The second kappa shape index (κ2) is 10.6. The molecule has 0 aliphatic carbocycles. The van der Waals surface area contributed by atoms with E-state index in [4.69, 9.17) is 14.2 Å². The van der Waals surface area contributed by atoms with Crippen molar-refractivity contribution in [2.24, 2.45) is 0 Å². The molecule has 1 atom stereocenters. The molecule has 0 spiro atoms. The van der Waals surface area contributed by atoms with Crippen LogP contribution in [0.5, 0.6) is 11.5 Å². The molecule has 2 aromatic rings. The van der Waals surface area contributed by atoms with Crippen LogP contribution in [0.2, 0.25) is 0 Å². The van der Waals surface area contributed by atoms with Gasteiger partial charge in [0.25, 0.3) is 11.6 Å². The lowest BCUT2D eigenvalue weighted by Crippen LogP contribution is -2.31. The van der Waals surface area contributed by atoms with Crippen molar-refractivity contribution in [1.29, 1.82) is 0 Å². The third kappa shape index (κ3) is 6.33. The van der Waals surface area contributed by atoms with Gasteiger partial charge in [0.05, 0.1) is 12.0 Å². The van der Waals surface area contributed by atoms with Gasteiger partial charge in [-0.25, -0.2) is 4.79 Å². The van der Waals surface area contributed by atoms with Crippen LogP contribution in [-0.2, 0) is 14.3 Å². The van der Waals surface area contributed by atoms with Gasteiger partial charge in [-0.2, -0.15) is 0 Å². The first-order valence-electron chi connectivity index (χ1n) is 9.02. The molecular weight excluding hydrogens is 392 g/mol. The molecule has 0 heterocycles. The second-order valence-electron chi connectivity index (χ2n) is 6.12. The number of amides is 1. The molecule has 0 radical (unpaired) electrons. The van der Waals surface area contributed by atoms with Crippen LogP contribution in [-0.4, -0.2) is 36.6 Å². The molecule has 2 rings (SSSR count). The van der Waals surface area contributed by atoms with Gasteiger partial charge in [-0.05, 0) is 43.7 Å². The van der Waals surface area contributed by atoms with Crippen molar-refractivity contribution in [1.82, 2.24) is 0 Å². The summed E-state index contributed by atoms with van der Waals surface area (Å²) in [6.45, 7) is 2.89. The van der Waals surface area contributed by atoms with E-state index in [0.29, 0.717) is 17.2 Å². The Kier molecular flexibility index (Phi) is 7.92. The van der Waals surface area contributed by atoms with E-state index in [2.05, 4.69) is 5.32 Å². The SMILES string of the molecule is C/C=C/c1ccc(OCC(=O)OC(C)C(=O)Nc2ccc([N+](=O)[O-])cc2)c(OC)c1. The molecule has 9 nitrogen and oxygen atoms in total. The quantitative estimate of drug-likeness (QED) is 0.378. The summed E-state index contributed by atoms with van der Waals surface area (Å²) in [6, 6.07) is 10.5. The number of non-ortho nitro benzene ring substituents is 1. The number of hydrogen-bond donors (Lipinski definition) is 1. The predicted octanol–water partition coefficient (Wildman–Crippen LogP) is 3.59. The van der Waals surface area contributed by atoms with Gasteiger partial charge in [-0.15, -0.1) is 0 Å². The molecule has 0 aromatic heterocycles. The van der Waals surface area contributed by atoms with E-state index in [9.17, 15) is 19.7 Å². The number of ether oxygens (including phenoxy) is 3. The van der Waals surface area contributed by atoms with Gasteiger partial charge in [0.2, 0.25) is 0 Å². The fraction of sp³-hybridized carbons (Fsp3) is 0.238. The number of nitrogens with zero attached hydrogens (tertiary/aromatic N) is 1. The van der Waals surface area contributed by atoms with Crippen LogP contribution in [0, 0.1) is 10.1 Å². The Labute approximate surface area is 173 Å². The van der Waals surface area contributed by atoms with Crippen molar-refractivity contribution in [2.45, 2.75) is 20.0 Å². The lowest BCUT2D eigenvalue weighted by molar-refractivity contribution is -0.384. The van der Waals surface area contributed by atoms with Gasteiger partial charge in [0.1, 0.15) is 0 Å². The average Bonchev–Trinajstić information content (AvgIpc) is 2.73. The molecule has 0 saturated heterocycles. The Morgan fingerprint density at radius 2 is 1.87 bits per heavy atom. The van der Waals surface area contributed by atoms with Gasteiger partial charge >= 0.3 is 5.97 Å². The number of nitro benzene ring substituents is 1. The Bertz CT molecular complexity index is 939. The third-order valence-electron chi connectivity index (χ3n) is 3.92. The highest BCUT2D eigenvalue weighted by Crippen LogP contribution is 2.28. The molecule has 1 N–H and O–H groups in total. The molecule has 0 aliphatic rings. The molecule has 0 fully saturated rings. The van der Waals surface area contributed by atoms with Crippen LogP contribution in [0.15, 0.2) is 48.5 Å². The fourth-order valence-electron chi connectivity index (χ4n) is 2.43. The zero-order valence-electron chi connectivity index (χ0n) is 16.8. The van der Waals surface area contributed by atoms with Crippen LogP contribution in [0.25, 0.3) is 6.08 Å². The van der Waals surface area contributed by atoms with Crippen molar-refractivity contribution in [3.05, 3.63) is 64.2 Å². The third-order valence-corrected chi connectivity index (χ3v) is 3.92. The summed E-state index contributed by atoms with van der Waals surface area (Å²) in [4.78, 5) is 34.3. The number of anilines is 1. The summed E-state index contributed by atoms with van der Waals surface area (Å²) < 4.78 is 15.8. The number of carbonyl (C=O) groups excluding carboxylic acids is 2. The van der Waals surface area contributed by atoms with Crippen LogP contribution in [0.4, 0.5) is 11.4 Å². The smallest absolute Gasteiger partial charge is 0.344 e. The fourth-order valence-corrected chi connectivity index (χ4v) is 2.43. The van der Waals surface area contributed by atoms with Crippen molar-refractivity contribution < 1.29 is 28.7 Å². The standard InChI is InChI=1S/C21H22N2O7/c1-4-5-15-6-11-18(19(12-15)28-3)29-13-20(24)30-14(2)21(25)22-16-7-9-17(10-8-16)23(26)27/h4-12,14H,13H2,1-3H3,(H,22,25)/b5-4+. The van der Waals surface area contributed by atoms with Gasteiger partial charge in [-0.3, -0.25) is 14.9 Å². The summed E-state index contributed by atoms with van der Waals surface area (Å²) >= 11 is 0. The lowest BCUT2D eigenvalue weighted by atomic mass is 10.2. The van der Waals surface area contributed by atoms with Gasteiger partial charge in [-0.1, -0.05) is 18.2 Å². The number of benzene rings is 2. The Balaban J connectivity index is 1.88. The molecular formula is C21H22N2O7. The average molecular weight is 414 g/mol. The molecule has 30 heavy (non-hydrogen) atoms. The maximum Gasteiger partial charge on any atom is 0.344 e. The van der Waals surface area contributed by atoms with E-state index in [0.717, 1.165) is 5.56 Å². The number of methoxy groups -OCH3 is 1. The van der Waals surface area contributed by atoms with Crippen molar-refractivity contribution in [3.63, 3.8) is 0 Å². The van der Waals surface area contributed by atoms with Crippen molar-refractivity contribution >= 4 is 29.3 Å². The van der Waals surface area contributed by atoms with Gasteiger partial charge in [0, 0.05) is 17.8 Å². The minimum atomic E-state index is -1.09. The normalized spacial score (nSPS) is 11.6. The highest BCUT2D eigenvalue weighted by molar-refractivity contribution is 5.95. The summed E-state index contributed by atoms with van der Waals surface area (Å²) in [6.07, 6.45) is 2.69. The summed E-state index contributed by atoms with van der Waals surface area (Å²) in [5.41, 5.74) is 1.16. The monoisotopic (exact) mass is 414 g/mol. The highest BCUT2D eigenvalue weighted by atomic mass is 16.6. The van der Waals surface area contributed by atoms with E-state index in [1.165, 1.54) is 38.3 Å². The molecule has 1 amide bonds. The molecule has 0 bridgehead atoms. The minimum Gasteiger partial charge on any atom is -0.493 e. The van der Waals surface area contributed by atoms with Gasteiger partial charge < -0.3 is 19.5 Å². The number of nitrogens with one attached hydrogen (secondary N) is 1. The van der Waals surface area contributed by atoms with E-state index >= 15 is 0 Å².